The van der Waals surface area contributed by atoms with Crippen molar-refractivity contribution < 1.29 is 13.9 Å². The molecule has 0 aliphatic carbocycles. The van der Waals surface area contributed by atoms with Gasteiger partial charge < -0.3 is 24.5 Å². The summed E-state index contributed by atoms with van der Waals surface area (Å²) in [5.41, 5.74) is 1.47. The van der Waals surface area contributed by atoms with Gasteiger partial charge in [0.15, 0.2) is 8.32 Å². The molecular weight excluding hydrogens is 494 g/mol. The third-order valence-corrected chi connectivity index (χ3v) is 12.0. The number of pyridine rings is 1. The molecule has 9 heteroatoms. The van der Waals surface area contributed by atoms with Crippen LogP contribution in [0, 0.1) is 0 Å². The van der Waals surface area contributed by atoms with Gasteiger partial charge in [0, 0.05) is 29.8 Å². The predicted octanol–water partition coefficient (Wildman–Crippen LogP) is 7.04. The SMILES string of the molecule is CCCC[C@](C)(CO[Si](C)(C)C(C)(C)C)Nc1nc(NCc2ccc(OC)cc2OC)nc2cnccc12. The van der Waals surface area contributed by atoms with E-state index in [1.807, 2.05) is 24.3 Å². The summed E-state index contributed by atoms with van der Waals surface area (Å²) in [7, 11) is 1.38. The summed E-state index contributed by atoms with van der Waals surface area (Å²) in [6.45, 7) is 17.0. The number of hydrogen-bond acceptors (Lipinski definition) is 8. The summed E-state index contributed by atoms with van der Waals surface area (Å²) < 4.78 is 17.6. The Kier molecular flexibility index (Phi) is 9.59. The smallest absolute Gasteiger partial charge is 0.225 e. The lowest BCUT2D eigenvalue weighted by molar-refractivity contribution is 0.214. The van der Waals surface area contributed by atoms with E-state index in [0.29, 0.717) is 19.1 Å². The Morgan fingerprint density at radius 1 is 1.00 bits per heavy atom. The summed E-state index contributed by atoms with van der Waals surface area (Å²) in [5.74, 6) is 2.79. The number of nitrogens with one attached hydrogen (secondary N) is 2. The third-order valence-electron chi connectivity index (χ3n) is 7.49. The summed E-state index contributed by atoms with van der Waals surface area (Å²) in [6.07, 6.45) is 6.73. The first-order valence-corrected chi connectivity index (χ1v) is 16.3. The third kappa shape index (κ3) is 7.35. The van der Waals surface area contributed by atoms with E-state index in [1.165, 1.54) is 0 Å². The van der Waals surface area contributed by atoms with Crippen molar-refractivity contribution in [2.45, 2.75) is 84.1 Å². The number of anilines is 2. The highest BCUT2D eigenvalue weighted by molar-refractivity contribution is 6.74. The highest BCUT2D eigenvalue weighted by Crippen LogP contribution is 2.38. The van der Waals surface area contributed by atoms with Crippen LogP contribution in [0.3, 0.4) is 0 Å². The number of hydrogen-bond donors (Lipinski definition) is 2. The topological polar surface area (TPSA) is 90.4 Å². The summed E-state index contributed by atoms with van der Waals surface area (Å²) in [4.78, 5) is 14.0. The zero-order valence-corrected chi connectivity index (χ0v) is 25.6. The number of ether oxygens (including phenoxy) is 2. The first-order chi connectivity index (χ1) is 17.9. The molecule has 0 bridgehead atoms. The Labute approximate surface area is 229 Å². The molecule has 0 saturated carbocycles. The molecule has 0 saturated heterocycles. The van der Waals surface area contributed by atoms with Gasteiger partial charge >= 0.3 is 0 Å². The van der Waals surface area contributed by atoms with Gasteiger partial charge in [-0.15, -0.1) is 0 Å². The molecule has 0 fully saturated rings. The fourth-order valence-electron chi connectivity index (χ4n) is 3.91. The van der Waals surface area contributed by atoms with Gasteiger partial charge in [-0.1, -0.05) is 40.5 Å². The maximum Gasteiger partial charge on any atom is 0.225 e. The fourth-order valence-corrected chi connectivity index (χ4v) is 5.02. The maximum atomic E-state index is 6.70. The van der Waals surface area contributed by atoms with Crippen molar-refractivity contribution in [3.05, 3.63) is 42.2 Å². The number of rotatable bonds is 13. The second-order valence-corrected chi connectivity index (χ2v) is 16.5. The first-order valence-electron chi connectivity index (χ1n) is 13.4. The molecule has 0 spiro atoms. The van der Waals surface area contributed by atoms with Crippen molar-refractivity contribution in [3.63, 3.8) is 0 Å². The van der Waals surface area contributed by atoms with Crippen molar-refractivity contribution in [1.29, 1.82) is 0 Å². The lowest BCUT2D eigenvalue weighted by Gasteiger charge is -2.40. The summed E-state index contributed by atoms with van der Waals surface area (Å²) in [6, 6.07) is 7.73. The molecule has 208 valence electrons. The average molecular weight is 540 g/mol. The second-order valence-electron chi connectivity index (χ2n) is 11.7. The molecule has 8 nitrogen and oxygen atoms in total. The molecule has 2 N–H and O–H groups in total. The van der Waals surface area contributed by atoms with Gasteiger partial charge in [0.05, 0.1) is 38.1 Å². The van der Waals surface area contributed by atoms with Gasteiger partial charge in [0.1, 0.15) is 17.3 Å². The van der Waals surface area contributed by atoms with Crippen molar-refractivity contribution in [2.24, 2.45) is 0 Å². The number of fused-ring (bicyclic) bond motifs is 1. The van der Waals surface area contributed by atoms with E-state index in [2.05, 4.69) is 63.3 Å². The largest absolute Gasteiger partial charge is 0.497 e. The number of unbranched alkanes of at least 4 members (excludes halogenated alkanes) is 1. The Hall–Kier alpha value is -2.91. The lowest BCUT2D eigenvalue weighted by Crippen LogP contribution is -2.48. The van der Waals surface area contributed by atoms with Crippen LogP contribution in [0.5, 0.6) is 11.5 Å². The molecule has 0 amide bonds. The van der Waals surface area contributed by atoms with Crippen LogP contribution in [0.4, 0.5) is 11.8 Å². The quantitative estimate of drug-likeness (QED) is 0.224. The van der Waals surface area contributed by atoms with Crippen LogP contribution in [0.2, 0.25) is 18.1 Å². The molecule has 38 heavy (non-hydrogen) atoms. The standard InChI is InChI=1S/C29H45N5O3Si/c1-10-11-15-29(5,20-37-38(8,9)28(2,3)4)34-26-23-14-16-30-19-24(23)32-27(33-26)31-18-21-12-13-22(35-6)17-25(21)36-7/h12-14,16-17,19H,10-11,15,18,20H2,1-9H3,(H2,31,32,33,34)/t29-/m1/s1. The zero-order valence-electron chi connectivity index (χ0n) is 24.6. The fraction of sp³-hybridized carbons (Fsp3) is 0.552. The highest BCUT2D eigenvalue weighted by Gasteiger charge is 2.39. The van der Waals surface area contributed by atoms with Gasteiger partial charge in [-0.2, -0.15) is 4.98 Å². The molecule has 1 atom stereocenters. The van der Waals surface area contributed by atoms with E-state index in [4.69, 9.17) is 23.9 Å². The van der Waals surface area contributed by atoms with E-state index in [0.717, 1.165) is 53.0 Å². The Balaban J connectivity index is 1.90. The monoisotopic (exact) mass is 539 g/mol. The second kappa shape index (κ2) is 12.3. The molecule has 0 radical (unpaired) electrons. The minimum atomic E-state index is -1.92. The van der Waals surface area contributed by atoms with Crippen LogP contribution in [0.25, 0.3) is 10.9 Å². The molecular formula is C29H45N5O3Si. The Morgan fingerprint density at radius 3 is 2.42 bits per heavy atom. The van der Waals surface area contributed by atoms with Crippen LogP contribution in [-0.2, 0) is 11.0 Å². The van der Waals surface area contributed by atoms with Crippen LogP contribution in [0.1, 0.15) is 59.4 Å². The van der Waals surface area contributed by atoms with Crippen molar-refractivity contribution in [3.8, 4) is 11.5 Å². The lowest BCUT2D eigenvalue weighted by atomic mass is 9.95. The number of nitrogens with zero attached hydrogens (tertiary/aromatic N) is 3. The molecule has 2 heterocycles. The first kappa shape index (κ1) is 29.6. The van der Waals surface area contributed by atoms with E-state index < -0.39 is 8.32 Å². The van der Waals surface area contributed by atoms with E-state index in [1.54, 1.807) is 26.6 Å². The number of benzene rings is 1. The normalized spacial score (nSPS) is 13.7. The summed E-state index contributed by atoms with van der Waals surface area (Å²) in [5, 5.41) is 8.22. The maximum absolute atomic E-state index is 6.70. The van der Waals surface area contributed by atoms with Crippen LogP contribution >= 0.6 is 0 Å². The molecule has 3 rings (SSSR count). The van der Waals surface area contributed by atoms with Crippen LogP contribution < -0.4 is 20.1 Å². The average Bonchev–Trinajstić information content (AvgIpc) is 2.89. The molecule has 0 aliphatic rings. The van der Waals surface area contributed by atoms with Gasteiger partial charge in [-0.25, -0.2) is 4.98 Å². The van der Waals surface area contributed by atoms with Crippen LogP contribution in [0.15, 0.2) is 36.7 Å². The molecule has 2 aromatic heterocycles. The van der Waals surface area contributed by atoms with Crippen molar-refractivity contribution >= 4 is 31.0 Å². The molecule has 0 aliphatic heterocycles. The van der Waals surface area contributed by atoms with Crippen molar-refractivity contribution in [1.82, 2.24) is 15.0 Å². The van der Waals surface area contributed by atoms with Gasteiger partial charge in [-0.3, -0.25) is 4.98 Å². The number of aromatic nitrogens is 3. The van der Waals surface area contributed by atoms with Gasteiger partial charge in [0.2, 0.25) is 5.95 Å². The van der Waals surface area contributed by atoms with E-state index in [-0.39, 0.29) is 10.6 Å². The van der Waals surface area contributed by atoms with Crippen LogP contribution in [-0.4, -0.2) is 49.6 Å². The zero-order chi connectivity index (χ0) is 28.0. The van der Waals surface area contributed by atoms with E-state index >= 15 is 0 Å². The minimum Gasteiger partial charge on any atom is -0.497 e. The van der Waals surface area contributed by atoms with Gasteiger partial charge in [0.25, 0.3) is 0 Å². The van der Waals surface area contributed by atoms with E-state index in [9.17, 15) is 0 Å². The minimum absolute atomic E-state index is 0.144. The molecule has 1 aromatic carbocycles. The van der Waals surface area contributed by atoms with Gasteiger partial charge in [-0.05, 0) is 49.7 Å². The Morgan fingerprint density at radius 2 is 1.76 bits per heavy atom. The number of methoxy groups -OCH3 is 2. The van der Waals surface area contributed by atoms with Crippen molar-refractivity contribution in [2.75, 3.05) is 31.5 Å². The summed E-state index contributed by atoms with van der Waals surface area (Å²) >= 11 is 0. The predicted molar refractivity (Wildman–Crippen MR) is 159 cm³/mol. The molecule has 3 aromatic rings. The highest BCUT2D eigenvalue weighted by atomic mass is 28.4. The molecule has 0 unspecified atom stereocenters. The Bertz CT molecular complexity index is 1210.